The maximum absolute atomic E-state index is 12.7. The number of nitrogens with zero attached hydrogens (tertiary/aromatic N) is 1. The van der Waals surface area contributed by atoms with E-state index in [1.807, 2.05) is 7.05 Å². The lowest BCUT2D eigenvalue weighted by molar-refractivity contribution is -0.0435. The zero-order chi connectivity index (χ0) is 15.7. The van der Waals surface area contributed by atoms with Crippen LogP contribution >= 0.6 is 0 Å². The molecule has 0 bridgehead atoms. The van der Waals surface area contributed by atoms with Gasteiger partial charge < -0.3 is 10.2 Å². The van der Waals surface area contributed by atoms with Crippen LogP contribution in [0, 0.1) is 0 Å². The van der Waals surface area contributed by atoms with Gasteiger partial charge in [0.1, 0.15) is 0 Å². The minimum atomic E-state index is -5.34. The molecule has 2 rings (SSSR count). The molecule has 21 heavy (non-hydrogen) atoms. The molecular formula is C13H17F3N2O2S. The Labute approximate surface area is 121 Å². The van der Waals surface area contributed by atoms with E-state index in [9.17, 15) is 21.6 Å². The van der Waals surface area contributed by atoms with Gasteiger partial charge in [0.2, 0.25) is 0 Å². The number of alkyl halides is 3. The summed E-state index contributed by atoms with van der Waals surface area (Å²) in [5.41, 5.74) is -5.28. The molecule has 0 radical (unpaired) electrons. The van der Waals surface area contributed by atoms with Crippen molar-refractivity contribution in [3.8, 4) is 0 Å². The summed E-state index contributed by atoms with van der Waals surface area (Å²) >= 11 is 0. The molecule has 1 N–H and O–H groups in total. The van der Waals surface area contributed by atoms with Crippen molar-refractivity contribution >= 4 is 15.5 Å². The first-order valence-corrected chi connectivity index (χ1v) is 8.05. The van der Waals surface area contributed by atoms with Crippen LogP contribution in [-0.4, -0.2) is 45.0 Å². The van der Waals surface area contributed by atoms with Crippen molar-refractivity contribution in [1.82, 2.24) is 4.90 Å². The van der Waals surface area contributed by atoms with E-state index in [0.717, 1.165) is 32.0 Å². The van der Waals surface area contributed by atoms with Crippen molar-refractivity contribution in [2.24, 2.45) is 0 Å². The van der Waals surface area contributed by atoms with Crippen molar-refractivity contribution in [2.45, 2.75) is 29.3 Å². The van der Waals surface area contributed by atoms with E-state index in [0.29, 0.717) is 0 Å². The maximum Gasteiger partial charge on any atom is 0.501 e. The van der Waals surface area contributed by atoms with Crippen LogP contribution in [0.1, 0.15) is 12.8 Å². The lowest BCUT2D eigenvalue weighted by atomic mass is 10.1. The lowest BCUT2D eigenvalue weighted by Gasteiger charge is -2.30. The number of likely N-dealkylation sites (tertiary alicyclic amines) is 1. The average Bonchev–Trinajstić information content (AvgIpc) is 2.40. The first kappa shape index (κ1) is 16.1. The highest BCUT2D eigenvalue weighted by atomic mass is 32.2. The van der Waals surface area contributed by atoms with E-state index < -0.39 is 20.2 Å². The second kappa shape index (κ2) is 5.84. The second-order valence-corrected chi connectivity index (χ2v) is 7.08. The molecule has 1 saturated heterocycles. The first-order valence-electron chi connectivity index (χ1n) is 6.57. The summed E-state index contributed by atoms with van der Waals surface area (Å²) in [6.07, 6.45) is 1.52. The number of sulfone groups is 1. The van der Waals surface area contributed by atoms with Gasteiger partial charge in [0.15, 0.2) is 0 Å². The van der Waals surface area contributed by atoms with E-state index in [1.165, 1.54) is 18.2 Å². The Morgan fingerprint density at radius 2 is 1.76 bits per heavy atom. The Balaban J connectivity index is 2.26. The minimum Gasteiger partial charge on any atom is -0.381 e. The fraction of sp³-hybridized carbons (Fsp3) is 0.538. The quantitative estimate of drug-likeness (QED) is 0.929. The topological polar surface area (TPSA) is 49.4 Å². The molecule has 1 aliphatic heterocycles. The predicted octanol–water partition coefficient (Wildman–Crippen LogP) is 2.49. The number of hydrogen-bond donors (Lipinski definition) is 1. The van der Waals surface area contributed by atoms with Crippen LogP contribution in [0.25, 0.3) is 0 Å². The summed E-state index contributed by atoms with van der Waals surface area (Å²) < 4.78 is 61.3. The van der Waals surface area contributed by atoms with Gasteiger partial charge in [-0.15, -0.1) is 0 Å². The SMILES string of the molecule is CN1CCC(Nc2ccccc2S(=O)(=O)C(F)(F)F)CC1. The number of anilines is 1. The van der Waals surface area contributed by atoms with Crippen molar-refractivity contribution in [2.75, 3.05) is 25.5 Å². The van der Waals surface area contributed by atoms with Crippen molar-refractivity contribution < 1.29 is 21.6 Å². The van der Waals surface area contributed by atoms with E-state index in [-0.39, 0.29) is 11.7 Å². The van der Waals surface area contributed by atoms with Crippen molar-refractivity contribution in [3.63, 3.8) is 0 Å². The third kappa shape index (κ3) is 3.49. The lowest BCUT2D eigenvalue weighted by Crippen LogP contribution is -2.37. The third-order valence-electron chi connectivity index (χ3n) is 3.56. The Bertz CT molecular complexity index is 594. The van der Waals surface area contributed by atoms with Crippen LogP contribution in [0.4, 0.5) is 18.9 Å². The molecule has 1 heterocycles. The molecule has 0 aromatic heterocycles. The van der Waals surface area contributed by atoms with Gasteiger partial charge in [0, 0.05) is 6.04 Å². The molecule has 1 fully saturated rings. The molecule has 118 valence electrons. The van der Waals surface area contributed by atoms with Gasteiger partial charge in [-0.25, -0.2) is 8.42 Å². The molecule has 1 aliphatic rings. The maximum atomic E-state index is 12.7. The van der Waals surface area contributed by atoms with E-state index in [2.05, 4.69) is 10.2 Å². The Morgan fingerprint density at radius 1 is 1.19 bits per heavy atom. The molecule has 0 spiro atoms. The van der Waals surface area contributed by atoms with Crippen LogP contribution < -0.4 is 5.32 Å². The van der Waals surface area contributed by atoms with E-state index in [4.69, 9.17) is 0 Å². The number of nitrogens with one attached hydrogen (secondary N) is 1. The Morgan fingerprint density at radius 3 is 2.33 bits per heavy atom. The van der Waals surface area contributed by atoms with Gasteiger partial charge in [-0.3, -0.25) is 0 Å². The van der Waals surface area contributed by atoms with Gasteiger partial charge in [-0.1, -0.05) is 12.1 Å². The zero-order valence-electron chi connectivity index (χ0n) is 11.5. The molecule has 8 heteroatoms. The number of halogens is 3. The summed E-state index contributed by atoms with van der Waals surface area (Å²) in [6, 6.07) is 5.15. The molecule has 0 aliphatic carbocycles. The average molecular weight is 322 g/mol. The fourth-order valence-corrected chi connectivity index (χ4v) is 3.24. The molecule has 4 nitrogen and oxygen atoms in total. The second-order valence-electron chi connectivity index (χ2n) is 5.17. The fourth-order valence-electron chi connectivity index (χ4n) is 2.32. The highest BCUT2D eigenvalue weighted by Gasteiger charge is 2.48. The Kier molecular flexibility index (Phi) is 4.48. The Hall–Kier alpha value is -1.28. The molecule has 0 unspecified atom stereocenters. The van der Waals surface area contributed by atoms with Gasteiger partial charge in [0.05, 0.1) is 10.6 Å². The van der Waals surface area contributed by atoms with Gasteiger partial charge in [-0.2, -0.15) is 13.2 Å². The summed E-state index contributed by atoms with van der Waals surface area (Å²) in [7, 11) is -3.37. The predicted molar refractivity (Wildman–Crippen MR) is 73.8 cm³/mol. The number of benzene rings is 1. The highest BCUT2D eigenvalue weighted by Crippen LogP contribution is 2.34. The van der Waals surface area contributed by atoms with Crippen molar-refractivity contribution in [3.05, 3.63) is 24.3 Å². The molecule has 1 aromatic carbocycles. The van der Waals surface area contributed by atoms with Crippen LogP contribution in [0.2, 0.25) is 0 Å². The van der Waals surface area contributed by atoms with E-state index in [1.54, 1.807) is 0 Å². The molecule has 0 amide bonds. The normalized spacial score (nSPS) is 18.7. The van der Waals surface area contributed by atoms with Crippen LogP contribution in [-0.2, 0) is 9.84 Å². The standard InChI is InChI=1S/C13H17F3N2O2S/c1-18-8-6-10(7-9-18)17-11-4-2-3-5-12(11)21(19,20)13(14,15)16/h2-5,10,17H,6-9H2,1H3. The monoisotopic (exact) mass is 322 g/mol. The van der Waals surface area contributed by atoms with Crippen LogP contribution in [0.3, 0.4) is 0 Å². The highest BCUT2D eigenvalue weighted by molar-refractivity contribution is 7.92. The van der Waals surface area contributed by atoms with Gasteiger partial charge in [-0.05, 0) is 45.1 Å². The van der Waals surface area contributed by atoms with Gasteiger partial charge >= 0.3 is 5.51 Å². The summed E-state index contributed by atoms with van der Waals surface area (Å²) in [5.74, 6) is 0. The van der Waals surface area contributed by atoms with Crippen LogP contribution in [0.15, 0.2) is 29.2 Å². The third-order valence-corrected chi connectivity index (χ3v) is 5.10. The summed E-state index contributed by atoms with van der Waals surface area (Å²) in [4.78, 5) is 1.41. The minimum absolute atomic E-state index is 0.0179. The molecule has 1 aromatic rings. The smallest absolute Gasteiger partial charge is 0.381 e. The van der Waals surface area contributed by atoms with Crippen LogP contribution in [0.5, 0.6) is 0 Å². The first-order chi connectivity index (χ1) is 9.72. The molecule has 0 saturated carbocycles. The summed E-state index contributed by atoms with van der Waals surface area (Å²) in [5, 5.41) is 2.94. The van der Waals surface area contributed by atoms with Crippen molar-refractivity contribution in [1.29, 1.82) is 0 Å². The number of hydrogen-bond acceptors (Lipinski definition) is 4. The number of rotatable bonds is 3. The number of para-hydroxylation sites is 1. The number of piperidine rings is 1. The van der Waals surface area contributed by atoms with E-state index >= 15 is 0 Å². The molecule has 0 atom stereocenters. The largest absolute Gasteiger partial charge is 0.501 e. The zero-order valence-corrected chi connectivity index (χ0v) is 12.3. The molecular weight excluding hydrogens is 305 g/mol. The van der Waals surface area contributed by atoms with Gasteiger partial charge in [0.25, 0.3) is 9.84 Å². The summed E-state index contributed by atoms with van der Waals surface area (Å²) in [6.45, 7) is 1.65.